The van der Waals surface area contributed by atoms with Crippen molar-refractivity contribution in [3.8, 4) is 11.8 Å². The van der Waals surface area contributed by atoms with E-state index in [9.17, 15) is 4.79 Å². The van der Waals surface area contributed by atoms with E-state index in [0.29, 0.717) is 22.6 Å². The molecule has 100 valence electrons. The number of hydrogen-bond acceptors (Lipinski definition) is 3. The second kappa shape index (κ2) is 5.89. The number of carbonyl (C=O) groups is 1. The van der Waals surface area contributed by atoms with Crippen molar-refractivity contribution in [2.24, 2.45) is 0 Å². The van der Waals surface area contributed by atoms with E-state index in [2.05, 4.69) is 11.4 Å². The Morgan fingerprint density at radius 3 is 2.70 bits per heavy atom. The van der Waals surface area contributed by atoms with E-state index in [1.807, 2.05) is 13.0 Å². The van der Waals surface area contributed by atoms with E-state index < -0.39 is 0 Å². The molecule has 2 aromatic carbocycles. The quantitative estimate of drug-likeness (QED) is 0.928. The van der Waals surface area contributed by atoms with Gasteiger partial charge in [0.1, 0.15) is 11.8 Å². The number of aryl methyl sites for hydroxylation is 1. The second-order valence-electron chi connectivity index (χ2n) is 4.32. The zero-order valence-corrected chi connectivity index (χ0v) is 11.3. The summed E-state index contributed by atoms with van der Waals surface area (Å²) in [4.78, 5) is 12.3. The molecule has 4 heteroatoms. The van der Waals surface area contributed by atoms with Crippen molar-refractivity contribution in [1.29, 1.82) is 5.26 Å². The first kappa shape index (κ1) is 13.6. The lowest BCUT2D eigenvalue weighted by Gasteiger charge is -2.10. The number of para-hydroxylation sites is 1. The predicted octanol–water partition coefficient (Wildman–Crippen LogP) is 3.13. The fourth-order valence-electron chi connectivity index (χ4n) is 1.88. The molecule has 0 saturated carbocycles. The minimum absolute atomic E-state index is 0.301. The number of nitrogens with zero attached hydrogens (tertiary/aromatic N) is 1. The molecule has 0 aliphatic heterocycles. The van der Waals surface area contributed by atoms with Crippen LogP contribution >= 0.6 is 0 Å². The van der Waals surface area contributed by atoms with Gasteiger partial charge in [0.25, 0.3) is 5.91 Å². The van der Waals surface area contributed by atoms with Crippen molar-refractivity contribution < 1.29 is 9.53 Å². The molecule has 0 radical (unpaired) electrons. The highest BCUT2D eigenvalue weighted by molar-refractivity contribution is 6.06. The fraction of sp³-hybridized carbons (Fsp3) is 0.125. The smallest absolute Gasteiger partial charge is 0.259 e. The number of nitrogens with one attached hydrogen (secondary N) is 1. The number of benzene rings is 2. The minimum Gasteiger partial charge on any atom is -0.496 e. The van der Waals surface area contributed by atoms with Crippen LogP contribution in [0.4, 0.5) is 5.69 Å². The topological polar surface area (TPSA) is 62.1 Å². The van der Waals surface area contributed by atoms with Crippen molar-refractivity contribution >= 4 is 11.6 Å². The summed E-state index contributed by atoms with van der Waals surface area (Å²) in [7, 11) is 1.51. The van der Waals surface area contributed by atoms with Crippen molar-refractivity contribution in [3.05, 3.63) is 59.2 Å². The lowest BCUT2D eigenvalue weighted by molar-refractivity contribution is 0.102. The molecule has 0 spiro atoms. The van der Waals surface area contributed by atoms with Gasteiger partial charge in [-0.05, 0) is 36.8 Å². The van der Waals surface area contributed by atoms with Gasteiger partial charge >= 0.3 is 0 Å². The molecule has 0 saturated heterocycles. The molecule has 2 aromatic rings. The van der Waals surface area contributed by atoms with Crippen LogP contribution in [0.5, 0.6) is 5.75 Å². The van der Waals surface area contributed by atoms with Crippen LogP contribution in [-0.2, 0) is 0 Å². The first-order valence-corrected chi connectivity index (χ1v) is 6.11. The molecule has 0 heterocycles. The Morgan fingerprint density at radius 1 is 1.25 bits per heavy atom. The average molecular weight is 266 g/mol. The van der Waals surface area contributed by atoms with E-state index in [0.717, 1.165) is 5.56 Å². The summed E-state index contributed by atoms with van der Waals surface area (Å²) in [5.74, 6) is 0.195. The van der Waals surface area contributed by atoms with Gasteiger partial charge in [0.05, 0.1) is 23.9 Å². The molecule has 0 bridgehead atoms. The van der Waals surface area contributed by atoms with Gasteiger partial charge in [-0.3, -0.25) is 4.79 Å². The monoisotopic (exact) mass is 266 g/mol. The van der Waals surface area contributed by atoms with Crippen LogP contribution in [0.25, 0.3) is 0 Å². The Kier molecular flexibility index (Phi) is 4.02. The van der Waals surface area contributed by atoms with Crippen LogP contribution in [0.2, 0.25) is 0 Å². The zero-order chi connectivity index (χ0) is 14.5. The largest absolute Gasteiger partial charge is 0.496 e. The lowest BCUT2D eigenvalue weighted by atomic mass is 10.1. The Labute approximate surface area is 117 Å². The molecule has 1 N–H and O–H groups in total. The zero-order valence-electron chi connectivity index (χ0n) is 11.3. The van der Waals surface area contributed by atoms with Gasteiger partial charge in [-0.2, -0.15) is 5.26 Å². The third-order valence-electron chi connectivity index (χ3n) is 2.90. The van der Waals surface area contributed by atoms with Gasteiger partial charge in [0.2, 0.25) is 0 Å². The molecule has 0 aliphatic carbocycles. The first-order chi connectivity index (χ1) is 9.65. The van der Waals surface area contributed by atoms with Crippen LogP contribution in [-0.4, -0.2) is 13.0 Å². The van der Waals surface area contributed by atoms with E-state index in [1.54, 1.807) is 36.4 Å². The van der Waals surface area contributed by atoms with Gasteiger partial charge in [0.15, 0.2) is 0 Å². The summed E-state index contributed by atoms with van der Waals surface area (Å²) in [6.45, 7) is 1.90. The molecule has 0 aromatic heterocycles. The predicted molar refractivity (Wildman–Crippen MR) is 76.8 cm³/mol. The minimum atomic E-state index is -0.301. The molecule has 20 heavy (non-hydrogen) atoms. The maximum absolute atomic E-state index is 12.3. The summed E-state index contributed by atoms with van der Waals surface area (Å²) >= 11 is 0. The molecule has 0 unspecified atom stereocenters. The number of carbonyl (C=O) groups excluding carboxylic acids is 1. The normalized spacial score (nSPS) is 9.65. The maximum Gasteiger partial charge on any atom is 0.259 e. The number of hydrogen-bond donors (Lipinski definition) is 1. The number of amides is 1. The highest BCUT2D eigenvalue weighted by Gasteiger charge is 2.13. The number of ether oxygens (including phenoxy) is 1. The molecule has 1 amide bonds. The Bertz CT molecular complexity index is 687. The third-order valence-corrected chi connectivity index (χ3v) is 2.90. The van der Waals surface area contributed by atoms with Gasteiger partial charge in [-0.25, -0.2) is 0 Å². The van der Waals surface area contributed by atoms with Crippen LogP contribution in [0.15, 0.2) is 42.5 Å². The van der Waals surface area contributed by atoms with Gasteiger partial charge < -0.3 is 10.1 Å². The van der Waals surface area contributed by atoms with Crippen molar-refractivity contribution in [3.63, 3.8) is 0 Å². The van der Waals surface area contributed by atoms with Crippen LogP contribution in [0.1, 0.15) is 21.5 Å². The standard InChI is InChI=1S/C16H14N2O2/c1-11-7-8-12(10-17)14(9-11)18-16(19)13-5-3-4-6-15(13)20-2/h3-9H,1-2H3,(H,18,19). The van der Waals surface area contributed by atoms with Gasteiger partial charge in [0, 0.05) is 0 Å². The summed E-state index contributed by atoms with van der Waals surface area (Å²) in [5.41, 5.74) is 2.34. The van der Waals surface area contributed by atoms with E-state index in [-0.39, 0.29) is 5.91 Å². The molecule has 0 aliphatic rings. The summed E-state index contributed by atoms with van der Waals surface area (Å²) in [6.07, 6.45) is 0. The molecular weight excluding hydrogens is 252 g/mol. The molecule has 2 rings (SSSR count). The van der Waals surface area contributed by atoms with E-state index in [4.69, 9.17) is 10.00 Å². The van der Waals surface area contributed by atoms with E-state index >= 15 is 0 Å². The number of methoxy groups -OCH3 is 1. The summed E-state index contributed by atoms with van der Waals surface area (Å²) < 4.78 is 5.16. The Hall–Kier alpha value is -2.80. The summed E-state index contributed by atoms with van der Waals surface area (Å²) in [6, 6.07) is 14.3. The first-order valence-electron chi connectivity index (χ1n) is 6.11. The van der Waals surface area contributed by atoms with Crippen LogP contribution in [0.3, 0.4) is 0 Å². The molecule has 0 atom stereocenters. The van der Waals surface area contributed by atoms with E-state index in [1.165, 1.54) is 7.11 Å². The summed E-state index contributed by atoms with van der Waals surface area (Å²) in [5, 5.41) is 11.8. The molecule has 4 nitrogen and oxygen atoms in total. The maximum atomic E-state index is 12.3. The third kappa shape index (κ3) is 2.78. The SMILES string of the molecule is COc1ccccc1C(=O)Nc1cc(C)ccc1C#N. The lowest BCUT2D eigenvalue weighted by Crippen LogP contribution is -2.14. The Balaban J connectivity index is 2.33. The van der Waals surface area contributed by atoms with Gasteiger partial charge in [-0.15, -0.1) is 0 Å². The fourth-order valence-corrected chi connectivity index (χ4v) is 1.88. The average Bonchev–Trinajstić information content (AvgIpc) is 2.47. The Morgan fingerprint density at radius 2 is 2.00 bits per heavy atom. The highest BCUT2D eigenvalue weighted by atomic mass is 16.5. The highest BCUT2D eigenvalue weighted by Crippen LogP contribution is 2.21. The van der Waals surface area contributed by atoms with Gasteiger partial charge in [-0.1, -0.05) is 18.2 Å². The number of rotatable bonds is 3. The van der Waals surface area contributed by atoms with Crippen LogP contribution < -0.4 is 10.1 Å². The van der Waals surface area contributed by atoms with Crippen molar-refractivity contribution in [2.45, 2.75) is 6.92 Å². The van der Waals surface area contributed by atoms with Crippen molar-refractivity contribution in [2.75, 3.05) is 12.4 Å². The van der Waals surface area contributed by atoms with Crippen molar-refractivity contribution in [1.82, 2.24) is 0 Å². The van der Waals surface area contributed by atoms with Crippen LogP contribution in [0, 0.1) is 18.3 Å². The molecular formula is C16H14N2O2. The second-order valence-corrected chi connectivity index (χ2v) is 4.32. The molecule has 0 fully saturated rings. The number of anilines is 1. The number of nitriles is 1.